The van der Waals surface area contributed by atoms with Crippen molar-refractivity contribution in [3.8, 4) is 0 Å². The molecule has 0 aromatic carbocycles. The molecule has 102 valence electrons. The second kappa shape index (κ2) is 6.98. The van der Waals surface area contributed by atoms with E-state index in [-0.39, 0.29) is 25.4 Å². The highest BCUT2D eigenvalue weighted by molar-refractivity contribution is 5.86. The molecule has 6 heteroatoms. The van der Waals surface area contributed by atoms with Gasteiger partial charge in [-0.05, 0) is 26.2 Å². The minimum Gasteiger partial charge on any atom is -0.480 e. The van der Waals surface area contributed by atoms with E-state index in [9.17, 15) is 14.4 Å². The Morgan fingerprint density at radius 1 is 1.28 bits per heavy atom. The van der Waals surface area contributed by atoms with Crippen molar-refractivity contribution in [3.63, 3.8) is 0 Å². The molecule has 1 atom stereocenters. The van der Waals surface area contributed by atoms with Crippen LogP contribution in [0.25, 0.3) is 0 Å². The fraction of sp³-hybridized carbons (Fsp3) is 0.750. The molecule has 1 N–H and O–H groups in total. The lowest BCUT2D eigenvalue weighted by Crippen LogP contribution is -2.48. The standard InChI is InChI=1S/C12H19NO5/c1-2-18-11(15)7-6-10(14)13-8-4-3-5-9(13)12(16)17/h9H,2-8H2,1H3,(H,16,17)/t9-/m1/s1. The lowest BCUT2D eigenvalue weighted by molar-refractivity contribution is -0.153. The number of carbonyl (C=O) groups is 3. The summed E-state index contributed by atoms with van der Waals surface area (Å²) in [5.41, 5.74) is 0. The highest BCUT2D eigenvalue weighted by Crippen LogP contribution is 2.18. The summed E-state index contributed by atoms with van der Waals surface area (Å²) in [5, 5.41) is 9.03. The Hall–Kier alpha value is -1.59. The number of piperidine rings is 1. The van der Waals surface area contributed by atoms with E-state index in [1.807, 2.05) is 0 Å². The first-order chi connectivity index (χ1) is 8.56. The summed E-state index contributed by atoms with van der Waals surface area (Å²) in [4.78, 5) is 35.4. The van der Waals surface area contributed by atoms with Gasteiger partial charge in [-0.25, -0.2) is 4.79 Å². The van der Waals surface area contributed by atoms with Gasteiger partial charge in [-0.2, -0.15) is 0 Å². The van der Waals surface area contributed by atoms with Gasteiger partial charge in [-0.3, -0.25) is 9.59 Å². The first-order valence-corrected chi connectivity index (χ1v) is 6.24. The van der Waals surface area contributed by atoms with Crippen molar-refractivity contribution in [1.29, 1.82) is 0 Å². The number of carbonyl (C=O) groups excluding carboxylic acids is 2. The van der Waals surface area contributed by atoms with Crippen LogP contribution in [0.5, 0.6) is 0 Å². The monoisotopic (exact) mass is 257 g/mol. The maximum Gasteiger partial charge on any atom is 0.326 e. The Kier molecular flexibility index (Phi) is 5.61. The summed E-state index contributed by atoms with van der Waals surface area (Å²) < 4.78 is 4.73. The van der Waals surface area contributed by atoms with Crippen LogP contribution in [0.4, 0.5) is 0 Å². The predicted octanol–water partition coefficient (Wildman–Crippen LogP) is 0.795. The number of ether oxygens (including phenoxy) is 1. The van der Waals surface area contributed by atoms with Crippen molar-refractivity contribution in [2.24, 2.45) is 0 Å². The van der Waals surface area contributed by atoms with E-state index in [1.54, 1.807) is 6.92 Å². The van der Waals surface area contributed by atoms with E-state index in [1.165, 1.54) is 4.90 Å². The molecule has 0 radical (unpaired) electrons. The van der Waals surface area contributed by atoms with E-state index in [2.05, 4.69) is 0 Å². The molecular formula is C12H19NO5. The maximum atomic E-state index is 11.9. The largest absolute Gasteiger partial charge is 0.480 e. The van der Waals surface area contributed by atoms with Crippen molar-refractivity contribution in [1.82, 2.24) is 4.90 Å². The van der Waals surface area contributed by atoms with Crippen LogP contribution in [-0.4, -0.2) is 47.0 Å². The molecule has 1 fully saturated rings. The zero-order chi connectivity index (χ0) is 13.5. The maximum absolute atomic E-state index is 11.9. The fourth-order valence-corrected chi connectivity index (χ4v) is 2.07. The molecule has 6 nitrogen and oxygen atoms in total. The number of amides is 1. The number of carboxylic acid groups (broad SMARTS) is 1. The molecule has 1 aliphatic heterocycles. The summed E-state index contributed by atoms with van der Waals surface area (Å²) in [6.45, 7) is 2.44. The molecule has 0 unspecified atom stereocenters. The van der Waals surface area contributed by atoms with Crippen LogP contribution in [0.1, 0.15) is 39.0 Å². The molecule has 18 heavy (non-hydrogen) atoms. The van der Waals surface area contributed by atoms with Gasteiger partial charge in [0.2, 0.25) is 5.91 Å². The van der Waals surface area contributed by atoms with Gasteiger partial charge in [0.1, 0.15) is 6.04 Å². The Balaban J connectivity index is 2.48. The van der Waals surface area contributed by atoms with Crippen molar-refractivity contribution in [3.05, 3.63) is 0 Å². The highest BCUT2D eigenvalue weighted by Gasteiger charge is 2.31. The Morgan fingerprint density at radius 3 is 2.61 bits per heavy atom. The first-order valence-electron chi connectivity index (χ1n) is 6.24. The summed E-state index contributed by atoms with van der Waals surface area (Å²) in [5.74, 6) is -1.68. The predicted molar refractivity (Wildman–Crippen MR) is 62.9 cm³/mol. The topological polar surface area (TPSA) is 83.9 Å². The number of aliphatic carboxylic acids is 1. The quantitative estimate of drug-likeness (QED) is 0.736. The molecule has 0 saturated carbocycles. The van der Waals surface area contributed by atoms with Crippen LogP contribution < -0.4 is 0 Å². The molecule has 0 aliphatic carbocycles. The first kappa shape index (κ1) is 14.5. The fourth-order valence-electron chi connectivity index (χ4n) is 2.07. The molecule has 1 aliphatic rings. The van der Waals surface area contributed by atoms with Gasteiger partial charge in [0.05, 0.1) is 13.0 Å². The van der Waals surface area contributed by atoms with Crippen molar-refractivity contribution in [2.75, 3.05) is 13.2 Å². The van der Waals surface area contributed by atoms with Crippen LogP contribution in [0.15, 0.2) is 0 Å². The number of nitrogens with zero attached hydrogens (tertiary/aromatic N) is 1. The average molecular weight is 257 g/mol. The number of hydrogen-bond acceptors (Lipinski definition) is 4. The number of likely N-dealkylation sites (tertiary alicyclic amines) is 1. The van der Waals surface area contributed by atoms with Crippen LogP contribution in [0, 0.1) is 0 Å². The normalized spacial score (nSPS) is 19.4. The number of esters is 1. The third-order valence-electron chi connectivity index (χ3n) is 2.96. The van der Waals surface area contributed by atoms with Crippen LogP contribution in [-0.2, 0) is 19.1 Å². The summed E-state index contributed by atoms with van der Waals surface area (Å²) in [6.07, 6.45) is 2.14. The molecule has 0 bridgehead atoms. The smallest absolute Gasteiger partial charge is 0.326 e. The number of rotatable bonds is 5. The molecule has 0 aromatic rings. The van der Waals surface area contributed by atoms with Crippen LogP contribution >= 0.6 is 0 Å². The molecular weight excluding hydrogens is 238 g/mol. The lowest BCUT2D eigenvalue weighted by atomic mass is 10.0. The summed E-state index contributed by atoms with van der Waals surface area (Å²) in [7, 11) is 0. The van der Waals surface area contributed by atoms with Gasteiger partial charge in [0.25, 0.3) is 0 Å². The summed E-state index contributed by atoms with van der Waals surface area (Å²) in [6, 6.07) is -0.742. The number of carboxylic acids is 1. The zero-order valence-electron chi connectivity index (χ0n) is 10.6. The lowest BCUT2D eigenvalue weighted by Gasteiger charge is -2.32. The molecule has 0 spiro atoms. The van der Waals surface area contributed by atoms with Gasteiger partial charge >= 0.3 is 11.9 Å². The van der Waals surface area contributed by atoms with E-state index < -0.39 is 18.0 Å². The van der Waals surface area contributed by atoms with Crippen molar-refractivity contribution >= 4 is 17.8 Å². The van der Waals surface area contributed by atoms with Crippen LogP contribution in [0.3, 0.4) is 0 Å². The minimum atomic E-state index is -0.973. The molecule has 1 heterocycles. The van der Waals surface area contributed by atoms with E-state index in [0.717, 1.165) is 12.8 Å². The minimum absolute atomic E-state index is 0.00944. The third kappa shape index (κ3) is 4.01. The van der Waals surface area contributed by atoms with Gasteiger partial charge in [-0.15, -0.1) is 0 Å². The Bertz CT molecular complexity index is 328. The summed E-state index contributed by atoms with van der Waals surface area (Å²) >= 11 is 0. The average Bonchev–Trinajstić information content (AvgIpc) is 2.36. The Labute approximate surface area is 106 Å². The van der Waals surface area contributed by atoms with Gasteiger partial charge in [0, 0.05) is 13.0 Å². The molecule has 0 aromatic heterocycles. The zero-order valence-corrected chi connectivity index (χ0v) is 10.6. The van der Waals surface area contributed by atoms with Crippen LogP contribution in [0.2, 0.25) is 0 Å². The van der Waals surface area contributed by atoms with E-state index in [4.69, 9.17) is 9.84 Å². The van der Waals surface area contributed by atoms with Gasteiger partial charge in [-0.1, -0.05) is 0 Å². The molecule has 1 amide bonds. The van der Waals surface area contributed by atoms with Crippen molar-refractivity contribution in [2.45, 2.75) is 45.1 Å². The third-order valence-corrected chi connectivity index (χ3v) is 2.96. The Morgan fingerprint density at radius 2 is 2.00 bits per heavy atom. The molecule has 1 rings (SSSR count). The van der Waals surface area contributed by atoms with Gasteiger partial charge < -0.3 is 14.7 Å². The SMILES string of the molecule is CCOC(=O)CCC(=O)N1CCCC[C@@H]1C(=O)O. The van der Waals surface area contributed by atoms with Crippen molar-refractivity contribution < 1.29 is 24.2 Å². The highest BCUT2D eigenvalue weighted by atomic mass is 16.5. The number of hydrogen-bond donors (Lipinski definition) is 1. The van der Waals surface area contributed by atoms with E-state index >= 15 is 0 Å². The molecule has 1 saturated heterocycles. The van der Waals surface area contributed by atoms with E-state index in [0.29, 0.717) is 13.0 Å². The van der Waals surface area contributed by atoms with Gasteiger partial charge in [0.15, 0.2) is 0 Å². The second-order valence-corrected chi connectivity index (χ2v) is 4.24. The second-order valence-electron chi connectivity index (χ2n) is 4.24.